The van der Waals surface area contributed by atoms with Crippen LogP contribution in [0.1, 0.15) is 23.7 Å². The van der Waals surface area contributed by atoms with Gasteiger partial charge in [0, 0.05) is 23.9 Å². The zero-order valence-corrected chi connectivity index (χ0v) is 20.0. The Kier molecular flexibility index (Phi) is 6.16. The van der Waals surface area contributed by atoms with Gasteiger partial charge in [0.1, 0.15) is 23.9 Å². The third kappa shape index (κ3) is 4.21. The van der Waals surface area contributed by atoms with Gasteiger partial charge in [0.2, 0.25) is 5.91 Å². The quantitative estimate of drug-likeness (QED) is 0.349. The maximum atomic E-state index is 13.0. The summed E-state index contributed by atoms with van der Waals surface area (Å²) in [7, 11) is 1.62. The SMILES string of the molecule is COc1ccccc1N1C[C@H](c2nc3ccccc3n2CCOc2ccc(Cl)c(C)c2)CC1=O. The minimum absolute atomic E-state index is 0.0254. The summed E-state index contributed by atoms with van der Waals surface area (Å²) >= 11 is 6.13. The van der Waals surface area contributed by atoms with Crippen LogP contribution in [0.4, 0.5) is 5.69 Å². The number of benzene rings is 3. The number of rotatable bonds is 7. The smallest absolute Gasteiger partial charge is 0.227 e. The summed E-state index contributed by atoms with van der Waals surface area (Å²) < 4.78 is 13.7. The van der Waals surface area contributed by atoms with E-state index in [1.165, 1.54) is 0 Å². The maximum absolute atomic E-state index is 13.0. The van der Waals surface area contributed by atoms with Crippen LogP contribution in [0, 0.1) is 6.92 Å². The Balaban J connectivity index is 1.40. The van der Waals surface area contributed by atoms with Crippen LogP contribution in [0.3, 0.4) is 0 Å². The second kappa shape index (κ2) is 9.39. The number of ether oxygens (including phenoxy) is 2. The zero-order chi connectivity index (χ0) is 23.7. The number of anilines is 1. The molecular weight excluding hydrogens is 450 g/mol. The van der Waals surface area contributed by atoms with Crippen molar-refractivity contribution in [3.05, 3.63) is 83.1 Å². The molecule has 6 nitrogen and oxygen atoms in total. The number of imidazole rings is 1. The van der Waals surface area contributed by atoms with Gasteiger partial charge in [-0.25, -0.2) is 4.98 Å². The van der Waals surface area contributed by atoms with Gasteiger partial charge < -0.3 is 18.9 Å². The van der Waals surface area contributed by atoms with Crippen LogP contribution in [0.25, 0.3) is 11.0 Å². The number of amides is 1. The van der Waals surface area contributed by atoms with Gasteiger partial charge in [0.15, 0.2) is 0 Å². The van der Waals surface area contributed by atoms with Crippen molar-refractivity contribution in [1.29, 1.82) is 0 Å². The predicted octanol–water partition coefficient (Wildman–Crippen LogP) is 5.61. The van der Waals surface area contributed by atoms with E-state index in [0.29, 0.717) is 31.9 Å². The number of hydrogen-bond acceptors (Lipinski definition) is 4. The van der Waals surface area contributed by atoms with E-state index in [1.807, 2.05) is 67.6 Å². The third-order valence-corrected chi connectivity index (χ3v) is 6.69. The Labute approximate surface area is 203 Å². The van der Waals surface area contributed by atoms with Crippen LogP contribution < -0.4 is 14.4 Å². The normalized spacial score (nSPS) is 15.8. The summed E-state index contributed by atoms with van der Waals surface area (Å²) in [5, 5.41) is 0.723. The number of aryl methyl sites for hydroxylation is 1. The molecule has 0 radical (unpaired) electrons. The van der Waals surface area contributed by atoms with Crippen molar-refractivity contribution in [2.45, 2.75) is 25.8 Å². The molecule has 0 saturated carbocycles. The van der Waals surface area contributed by atoms with Gasteiger partial charge >= 0.3 is 0 Å². The first-order valence-corrected chi connectivity index (χ1v) is 11.7. The van der Waals surface area contributed by atoms with E-state index in [0.717, 1.165) is 38.9 Å². The number of para-hydroxylation sites is 4. The summed E-state index contributed by atoms with van der Waals surface area (Å²) in [5.74, 6) is 2.43. The van der Waals surface area contributed by atoms with Gasteiger partial charge in [-0.15, -0.1) is 0 Å². The summed E-state index contributed by atoms with van der Waals surface area (Å²) in [6, 6.07) is 21.4. The first-order valence-electron chi connectivity index (χ1n) is 11.3. The lowest BCUT2D eigenvalue weighted by Gasteiger charge is -2.20. The highest BCUT2D eigenvalue weighted by molar-refractivity contribution is 6.31. The molecule has 4 aromatic rings. The average molecular weight is 476 g/mol. The monoisotopic (exact) mass is 475 g/mol. The minimum atomic E-state index is -0.0254. The molecule has 0 N–H and O–H groups in total. The molecule has 5 rings (SSSR count). The lowest BCUT2D eigenvalue weighted by molar-refractivity contribution is -0.117. The van der Waals surface area contributed by atoms with Crippen LogP contribution in [-0.2, 0) is 11.3 Å². The molecular formula is C27H26ClN3O3. The second-order valence-electron chi connectivity index (χ2n) is 8.45. The molecule has 1 fully saturated rings. The number of carbonyl (C=O) groups is 1. The number of methoxy groups -OCH3 is 1. The number of hydrogen-bond donors (Lipinski definition) is 0. The van der Waals surface area contributed by atoms with Crippen LogP contribution >= 0.6 is 11.6 Å². The van der Waals surface area contributed by atoms with Crippen LogP contribution in [0.2, 0.25) is 5.02 Å². The fourth-order valence-corrected chi connectivity index (χ4v) is 4.69. The standard InChI is InChI=1S/C27H26ClN3O3/c1-18-15-20(11-12-21(18)28)34-14-13-30-23-8-4-3-7-22(23)29-27(30)19-16-26(32)31(17-19)24-9-5-6-10-25(24)33-2/h3-12,15,19H,13-14,16-17H2,1-2H3/t19-/m1/s1. The van der Waals surface area contributed by atoms with E-state index in [2.05, 4.69) is 10.6 Å². The largest absolute Gasteiger partial charge is 0.495 e. The fourth-order valence-electron chi connectivity index (χ4n) is 4.57. The summed E-state index contributed by atoms with van der Waals surface area (Å²) in [6.07, 6.45) is 0.401. The molecule has 1 amide bonds. The van der Waals surface area contributed by atoms with Crippen molar-refractivity contribution < 1.29 is 14.3 Å². The molecule has 34 heavy (non-hydrogen) atoms. The molecule has 0 unspecified atom stereocenters. The van der Waals surface area contributed by atoms with Crippen LogP contribution in [0.5, 0.6) is 11.5 Å². The van der Waals surface area contributed by atoms with Crippen molar-refractivity contribution in [2.75, 3.05) is 25.2 Å². The molecule has 1 aliphatic rings. The Bertz CT molecular complexity index is 1350. The molecule has 7 heteroatoms. The Morgan fingerprint density at radius 2 is 1.88 bits per heavy atom. The van der Waals surface area contributed by atoms with Crippen LogP contribution in [0.15, 0.2) is 66.7 Å². The summed E-state index contributed by atoms with van der Waals surface area (Å²) in [4.78, 5) is 19.7. The number of fused-ring (bicyclic) bond motifs is 1. The highest BCUT2D eigenvalue weighted by Crippen LogP contribution is 2.37. The highest BCUT2D eigenvalue weighted by atomic mass is 35.5. The van der Waals surface area contributed by atoms with Gasteiger partial charge in [0.05, 0.1) is 30.4 Å². The molecule has 1 saturated heterocycles. The summed E-state index contributed by atoms with van der Waals surface area (Å²) in [5.41, 5.74) is 3.73. The Morgan fingerprint density at radius 1 is 1.09 bits per heavy atom. The number of aromatic nitrogens is 2. The molecule has 1 aliphatic heterocycles. The van der Waals surface area contributed by atoms with Gasteiger partial charge in [-0.2, -0.15) is 0 Å². The number of halogens is 1. The first kappa shape index (κ1) is 22.3. The molecule has 1 aromatic heterocycles. The first-order chi connectivity index (χ1) is 16.5. The third-order valence-electron chi connectivity index (χ3n) is 6.26. The lowest BCUT2D eigenvalue weighted by Crippen LogP contribution is -2.25. The Morgan fingerprint density at radius 3 is 2.71 bits per heavy atom. The molecule has 3 aromatic carbocycles. The highest BCUT2D eigenvalue weighted by Gasteiger charge is 2.35. The average Bonchev–Trinajstić information content (AvgIpc) is 3.42. The van der Waals surface area contributed by atoms with Crippen molar-refractivity contribution in [2.24, 2.45) is 0 Å². The number of carbonyl (C=O) groups excluding carboxylic acids is 1. The molecule has 1 atom stereocenters. The minimum Gasteiger partial charge on any atom is -0.495 e. The van der Waals surface area contributed by atoms with Gasteiger partial charge in [-0.3, -0.25) is 4.79 Å². The van der Waals surface area contributed by atoms with Gasteiger partial charge in [-0.1, -0.05) is 35.9 Å². The van der Waals surface area contributed by atoms with Gasteiger partial charge in [-0.05, 0) is 55.0 Å². The topological polar surface area (TPSA) is 56.6 Å². The van der Waals surface area contributed by atoms with Crippen molar-refractivity contribution in [3.63, 3.8) is 0 Å². The molecule has 2 heterocycles. The van der Waals surface area contributed by atoms with E-state index in [9.17, 15) is 4.79 Å². The van der Waals surface area contributed by atoms with E-state index in [1.54, 1.807) is 12.0 Å². The van der Waals surface area contributed by atoms with Crippen molar-refractivity contribution in [3.8, 4) is 11.5 Å². The van der Waals surface area contributed by atoms with E-state index in [-0.39, 0.29) is 11.8 Å². The van der Waals surface area contributed by atoms with Crippen molar-refractivity contribution in [1.82, 2.24) is 9.55 Å². The van der Waals surface area contributed by atoms with E-state index < -0.39 is 0 Å². The Hall–Kier alpha value is -3.51. The fraction of sp³-hybridized carbons (Fsp3) is 0.259. The molecule has 0 spiro atoms. The van der Waals surface area contributed by atoms with E-state index >= 15 is 0 Å². The van der Waals surface area contributed by atoms with Crippen molar-refractivity contribution >= 4 is 34.2 Å². The zero-order valence-electron chi connectivity index (χ0n) is 19.2. The van der Waals surface area contributed by atoms with Crippen LogP contribution in [-0.4, -0.2) is 35.7 Å². The predicted molar refractivity (Wildman–Crippen MR) is 134 cm³/mol. The maximum Gasteiger partial charge on any atom is 0.227 e. The lowest BCUT2D eigenvalue weighted by atomic mass is 10.1. The van der Waals surface area contributed by atoms with E-state index in [4.69, 9.17) is 26.1 Å². The molecule has 0 aliphatic carbocycles. The second-order valence-corrected chi connectivity index (χ2v) is 8.85. The molecule has 174 valence electrons. The number of nitrogens with zero attached hydrogens (tertiary/aromatic N) is 3. The summed E-state index contributed by atoms with van der Waals surface area (Å²) in [6.45, 7) is 3.61. The van der Waals surface area contributed by atoms with Gasteiger partial charge in [0.25, 0.3) is 0 Å². The molecule has 0 bridgehead atoms.